The first-order chi connectivity index (χ1) is 10.1. The number of sulfonamides is 1. The van der Waals surface area contributed by atoms with Gasteiger partial charge in [-0.2, -0.15) is 4.98 Å². The number of hydrogen-bond acceptors (Lipinski definition) is 7. The molecule has 0 saturated carbocycles. The quantitative estimate of drug-likeness (QED) is 0.660. The minimum Gasteiger partial charge on any atom is -0.340 e. The van der Waals surface area contributed by atoms with E-state index in [1.165, 1.54) is 17.7 Å². The second-order valence-electron chi connectivity index (χ2n) is 4.31. The van der Waals surface area contributed by atoms with Gasteiger partial charge in [0.15, 0.2) is 6.33 Å². The van der Waals surface area contributed by atoms with Crippen molar-refractivity contribution < 1.29 is 12.9 Å². The van der Waals surface area contributed by atoms with Crippen LogP contribution in [-0.2, 0) is 22.9 Å². The Bertz CT molecular complexity index is 637. The zero-order chi connectivity index (χ0) is 15.1. The molecule has 2 aromatic heterocycles. The van der Waals surface area contributed by atoms with Gasteiger partial charge in [0.25, 0.3) is 0 Å². The van der Waals surface area contributed by atoms with Crippen molar-refractivity contribution in [1.82, 2.24) is 20.2 Å². The first kappa shape index (κ1) is 16.1. The Morgan fingerprint density at radius 2 is 2.14 bits per heavy atom. The number of aromatic nitrogens is 2. The summed E-state index contributed by atoms with van der Waals surface area (Å²) in [5, 5.41) is 6.68. The minimum absolute atomic E-state index is 0.231. The summed E-state index contributed by atoms with van der Waals surface area (Å²) in [6.45, 7) is 4.03. The van der Waals surface area contributed by atoms with Gasteiger partial charge in [-0.15, -0.1) is 11.3 Å². The number of likely N-dealkylation sites (N-methyl/N-ethyl adjacent to an activating group) is 1. The highest BCUT2D eigenvalue weighted by atomic mass is 32.2. The molecule has 0 atom stereocenters. The maximum absolute atomic E-state index is 12.1. The van der Waals surface area contributed by atoms with Crippen LogP contribution in [-0.4, -0.2) is 38.2 Å². The van der Waals surface area contributed by atoms with Gasteiger partial charge in [-0.3, -0.25) is 0 Å². The van der Waals surface area contributed by atoms with Crippen LogP contribution >= 0.6 is 11.3 Å². The fraction of sp³-hybridized carbons (Fsp3) is 0.500. The molecule has 0 unspecified atom stereocenters. The molecule has 0 aliphatic carbocycles. The smallest absolute Gasteiger partial charge is 0.250 e. The van der Waals surface area contributed by atoms with Crippen molar-refractivity contribution in [3.05, 3.63) is 29.2 Å². The van der Waals surface area contributed by atoms with Crippen molar-refractivity contribution in [1.29, 1.82) is 0 Å². The Morgan fingerprint density at radius 1 is 1.29 bits per heavy atom. The van der Waals surface area contributed by atoms with E-state index in [1.54, 1.807) is 6.07 Å². The number of rotatable bonds is 9. The van der Waals surface area contributed by atoms with Crippen molar-refractivity contribution in [2.45, 2.75) is 24.0 Å². The molecule has 2 rings (SSSR count). The van der Waals surface area contributed by atoms with E-state index < -0.39 is 10.0 Å². The first-order valence-corrected chi connectivity index (χ1v) is 8.96. The minimum atomic E-state index is -3.47. The zero-order valence-electron chi connectivity index (χ0n) is 11.7. The molecule has 0 saturated heterocycles. The third-order valence-electron chi connectivity index (χ3n) is 2.74. The molecule has 0 fully saturated rings. The highest BCUT2D eigenvalue weighted by Crippen LogP contribution is 2.21. The van der Waals surface area contributed by atoms with Crippen LogP contribution in [0.25, 0.3) is 0 Å². The zero-order valence-corrected chi connectivity index (χ0v) is 13.3. The SMILES string of the molecule is CCNCCc1ccc(S(=O)(=O)NCCc2ncno2)s1. The molecule has 116 valence electrons. The van der Waals surface area contributed by atoms with Gasteiger partial charge in [-0.05, 0) is 31.6 Å². The van der Waals surface area contributed by atoms with Crippen molar-refractivity contribution in [2.75, 3.05) is 19.6 Å². The van der Waals surface area contributed by atoms with Gasteiger partial charge >= 0.3 is 0 Å². The average Bonchev–Trinajstić information content (AvgIpc) is 3.10. The highest BCUT2D eigenvalue weighted by Gasteiger charge is 2.16. The molecule has 2 aromatic rings. The van der Waals surface area contributed by atoms with E-state index in [0.29, 0.717) is 16.5 Å². The summed E-state index contributed by atoms with van der Waals surface area (Å²) in [5.74, 6) is 0.412. The normalized spacial score (nSPS) is 11.9. The Hall–Kier alpha value is -1.29. The van der Waals surface area contributed by atoms with E-state index in [2.05, 4.69) is 20.2 Å². The number of nitrogens with one attached hydrogen (secondary N) is 2. The lowest BCUT2D eigenvalue weighted by Gasteiger charge is -2.02. The van der Waals surface area contributed by atoms with E-state index in [-0.39, 0.29) is 6.54 Å². The molecule has 0 aromatic carbocycles. The number of nitrogens with zero attached hydrogens (tertiary/aromatic N) is 2. The molecule has 2 N–H and O–H groups in total. The highest BCUT2D eigenvalue weighted by molar-refractivity contribution is 7.91. The maximum Gasteiger partial charge on any atom is 0.250 e. The molecule has 0 spiro atoms. The van der Waals surface area contributed by atoms with Crippen molar-refractivity contribution in [3.8, 4) is 0 Å². The lowest BCUT2D eigenvalue weighted by Crippen LogP contribution is -2.25. The van der Waals surface area contributed by atoms with Crippen LogP contribution in [0.15, 0.2) is 27.2 Å². The van der Waals surface area contributed by atoms with Crippen LogP contribution in [0.4, 0.5) is 0 Å². The molecular weight excluding hydrogens is 312 g/mol. The summed E-state index contributed by atoms with van der Waals surface area (Å²) in [4.78, 5) is 4.89. The number of thiophene rings is 1. The van der Waals surface area contributed by atoms with Crippen molar-refractivity contribution >= 4 is 21.4 Å². The molecule has 7 nitrogen and oxygen atoms in total. The van der Waals surface area contributed by atoms with Gasteiger partial charge in [-0.25, -0.2) is 13.1 Å². The summed E-state index contributed by atoms with van der Waals surface area (Å²) in [6, 6.07) is 3.50. The molecular formula is C12H18N4O3S2. The molecule has 21 heavy (non-hydrogen) atoms. The van der Waals surface area contributed by atoms with Gasteiger partial charge in [0.2, 0.25) is 15.9 Å². The Balaban J connectivity index is 1.86. The van der Waals surface area contributed by atoms with Crippen molar-refractivity contribution in [3.63, 3.8) is 0 Å². The van der Waals surface area contributed by atoms with Gasteiger partial charge in [0, 0.05) is 17.8 Å². The number of hydrogen-bond donors (Lipinski definition) is 2. The lowest BCUT2D eigenvalue weighted by molar-refractivity contribution is 0.377. The summed E-state index contributed by atoms with van der Waals surface area (Å²) >= 11 is 1.30. The molecule has 0 aliphatic rings. The molecule has 9 heteroatoms. The van der Waals surface area contributed by atoms with Crippen LogP contribution in [0.1, 0.15) is 17.7 Å². The Morgan fingerprint density at radius 3 is 2.86 bits per heavy atom. The van der Waals surface area contributed by atoms with Crippen LogP contribution in [0.2, 0.25) is 0 Å². The molecule has 2 heterocycles. The summed E-state index contributed by atoms with van der Waals surface area (Å²) < 4.78 is 31.9. The third kappa shape index (κ3) is 4.88. The molecule has 0 radical (unpaired) electrons. The fourth-order valence-corrected chi connectivity index (χ4v) is 4.13. The predicted octanol–water partition coefficient (Wildman–Crippen LogP) is 0.804. The third-order valence-corrected chi connectivity index (χ3v) is 5.84. The monoisotopic (exact) mass is 330 g/mol. The largest absolute Gasteiger partial charge is 0.340 e. The van der Waals surface area contributed by atoms with E-state index >= 15 is 0 Å². The van der Waals surface area contributed by atoms with Gasteiger partial charge in [0.1, 0.15) is 4.21 Å². The lowest BCUT2D eigenvalue weighted by atomic mass is 10.3. The summed E-state index contributed by atoms with van der Waals surface area (Å²) in [5.41, 5.74) is 0. The molecule has 0 aliphatic heterocycles. The van der Waals surface area contributed by atoms with E-state index in [1.807, 2.05) is 13.0 Å². The standard InChI is InChI=1S/C12H18N4O3S2/c1-2-13-7-5-10-3-4-12(20-10)21(17,18)16-8-6-11-14-9-15-19-11/h3-4,9,13,16H,2,5-8H2,1H3. The Labute approximate surface area is 127 Å². The fourth-order valence-electron chi connectivity index (χ4n) is 1.69. The topological polar surface area (TPSA) is 97.1 Å². The Kier molecular flexibility index (Phi) is 5.85. The van der Waals surface area contributed by atoms with Gasteiger partial charge in [0.05, 0.1) is 0 Å². The van der Waals surface area contributed by atoms with E-state index in [9.17, 15) is 8.42 Å². The van der Waals surface area contributed by atoms with Crippen LogP contribution in [0.3, 0.4) is 0 Å². The van der Waals surface area contributed by atoms with E-state index in [0.717, 1.165) is 24.4 Å². The average molecular weight is 330 g/mol. The first-order valence-electron chi connectivity index (χ1n) is 6.66. The maximum atomic E-state index is 12.1. The predicted molar refractivity (Wildman–Crippen MR) is 79.8 cm³/mol. The van der Waals surface area contributed by atoms with Gasteiger partial charge in [-0.1, -0.05) is 12.1 Å². The van der Waals surface area contributed by atoms with Crippen LogP contribution in [0, 0.1) is 0 Å². The summed E-state index contributed by atoms with van der Waals surface area (Å²) in [6.07, 6.45) is 2.49. The second kappa shape index (κ2) is 7.64. The van der Waals surface area contributed by atoms with Crippen LogP contribution < -0.4 is 10.0 Å². The molecule has 0 bridgehead atoms. The van der Waals surface area contributed by atoms with Crippen molar-refractivity contribution in [2.24, 2.45) is 0 Å². The van der Waals surface area contributed by atoms with Gasteiger partial charge < -0.3 is 9.84 Å². The second-order valence-corrected chi connectivity index (χ2v) is 7.47. The summed E-state index contributed by atoms with van der Waals surface area (Å²) in [7, 11) is -3.47. The van der Waals surface area contributed by atoms with E-state index in [4.69, 9.17) is 4.52 Å². The van der Waals surface area contributed by atoms with Crippen LogP contribution in [0.5, 0.6) is 0 Å². The molecule has 0 amide bonds.